The van der Waals surface area contributed by atoms with Crippen LogP contribution in [0.2, 0.25) is 5.02 Å². The van der Waals surface area contributed by atoms with Crippen molar-refractivity contribution in [1.82, 2.24) is 4.98 Å². The third-order valence-electron chi connectivity index (χ3n) is 2.29. The Morgan fingerprint density at radius 1 is 1.44 bits per heavy atom. The molecule has 0 saturated heterocycles. The van der Waals surface area contributed by atoms with Crippen LogP contribution in [0.1, 0.15) is 11.9 Å². The van der Waals surface area contributed by atoms with Crippen LogP contribution < -0.4 is 4.74 Å². The van der Waals surface area contributed by atoms with E-state index in [-0.39, 0.29) is 0 Å². The molecule has 1 aromatic carbocycles. The van der Waals surface area contributed by atoms with Gasteiger partial charge in [0.2, 0.25) is 0 Å². The summed E-state index contributed by atoms with van der Waals surface area (Å²) in [7, 11) is 1.65. The van der Waals surface area contributed by atoms with Gasteiger partial charge in [0.05, 0.1) is 17.8 Å². The van der Waals surface area contributed by atoms with E-state index < -0.39 is 0 Å². The van der Waals surface area contributed by atoms with Crippen LogP contribution in [-0.4, -0.2) is 12.1 Å². The van der Waals surface area contributed by atoms with Gasteiger partial charge in [0.25, 0.3) is 0 Å². The molecule has 0 unspecified atom stereocenters. The van der Waals surface area contributed by atoms with Gasteiger partial charge >= 0.3 is 0 Å². The smallest absolute Gasteiger partial charge is 0.128 e. The Bertz CT molecular complexity index is 496. The van der Waals surface area contributed by atoms with Crippen molar-refractivity contribution in [3.8, 4) is 17.0 Å². The van der Waals surface area contributed by atoms with E-state index in [1.54, 1.807) is 18.4 Å². The van der Waals surface area contributed by atoms with E-state index in [4.69, 9.17) is 16.3 Å². The molecule has 0 aliphatic heterocycles. The summed E-state index contributed by atoms with van der Waals surface area (Å²) in [5, 5.41) is 3.85. The highest BCUT2D eigenvalue weighted by atomic mass is 35.5. The fraction of sp³-hybridized carbons (Fsp3) is 0.250. The fourth-order valence-corrected chi connectivity index (χ4v) is 2.39. The van der Waals surface area contributed by atoms with Crippen LogP contribution in [0.15, 0.2) is 23.6 Å². The topological polar surface area (TPSA) is 22.1 Å². The molecular formula is C12H12ClNOS. The van der Waals surface area contributed by atoms with Crippen LogP contribution in [-0.2, 0) is 6.42 Å². The number of benzene rings is 1. The van der Waals surface area contributed by atoms with Crippen molar-refractivity contribution < 1.29 is 4.74 Å². The summed E-state index contributed by atoms with van der Waals surface area (Å²) in [6.07, 6.45) is 0.952. The molecule has 0 atom stereocenters. The third kappa shape index (κ3) is 2.20. The number of aryl methyl sites for hydroxylation is 1. The molecule has 0 fully saturated rings. The van der Waals surface area contributed by atoms with E-state index in [1.807, 2.05) is 23.6 Å². The standard InChI is InChI=1S/C12H12ClNOS/c1-3-12-14-10(7-16-12)9-6-8(13)4-5-11(9)15-2/h4-7H,3H2,1-2H3. The largest absolute Gasteiger partial charge is 0.496 e. The molecule has 0 amide bonds. The molecule has 0 spiro atoms. The number of hydrogen-bond acceptors (Lipinski definition) is 3. The molecule has 2 rings (SSSR count). The van der Waals surface area contributed by atoms with Gasteiger partial charge in [-0.2, -0.15) is 0 Å². The van der Waals surface area contributed by atoms with Crippen LogP contribution in [0.5, 0.6) is 5.75 Å². The van der Waals surface area contributed by atoms with Crippen molar-refractivity contribution in [3.63, 3.8) is 0 Å². The summed E-state index contributed by atoms with van der Waals surface area (Å²) in [6, 6.07) is 5.56. The molecule has 1 aromatic heterocycles. The van der Waals surface area contributed by atoms with E-state index >= 15 is 0 Å². The van der Waals surface area contributed by atoms with Crippen LogP contribution in [0.3, 0.4) is 0 Å². The molecule has 4 heteroatoms. The van der Waals surface area contributed by atoms with Gasteiger partial charge in [0.15, 0.2) is 0 Å². The van der Waals surface area contributed by atoms with Crippen molar-refractivity contribution in [1.29, 1.82) is 0 Å². The summed E-state index contributed by atoms with van der Waals surface area (Å²) in [4.78, 5) is 4.53. The lowest BCUT2D eigenvalue weighted by Crippen LogP contribution is -1.88. The molecule has 0 bridgehead atoms. The molecule has 2 nitrogen and oxygen atoms in total. The minimum atomic E-state index is 0.696. The van der Waals surface area contributed by atoms with Crippen LogP contribution in [0.4, 0.5) is 0 Å². The molecule has 2 aromatic rings. The van der Waals surface area contributed by atoms with E-state index in [2.05, 4.69) is 11.9 Å². The summed E-state index contributed by atoms with van der Waals surface area (Å²) < 4.78 is 5.30. The minimum Gasteiger partial charge on any atom is -0.496 e. The van der Waals surface area contributed by atoms with Crippen molar-refractivity contribution in [2.75, 3.05) is 7.11 Å². The van der Waals surface area contributed by atoms with Crippen molar-refractivity contribution in [2.45, 2.75) is 13.3 Å². The quantitative estimate of drug-likeness (QED) is 0.824. The van der Waals surface area contributed by atoms with Gasteiger partial charge in [-0.05, 0) is 24.6 Å². The Hall–Kier alpha value is -1.06. The van der Waals surface area contributed by atoms with Crippen LogP contribution >= 0.6 is 22.9 Å². The number of thiazole rings is 1. The first-order valence-corrected chi connectivity index (χ1v) is 6.28. The Kier molecular flexibility index (Phi) is 3.46. The number of hydrogen-bond donors (Lipinski definition) is 0. The first-order valence-electron chi connectivity index (χ1n) is 5.03. The predicted molar refractivity (Wildman–Crippen MR) is 68.5 cm³/mol. The second kappa shape index (κ2) is 4.85. The van der Waals surface area contributed by atoms with Gasteiger partial charge < -0.3 is 4.74 Å². The second-order valence-electron chi connectivity index (χ2n) is 3.32. The van der Waals surface area contributed by atoms with Crippen molar-refractivity contribution in [3.05, 3.63) is 33.6 Å². The maximum atomic E-state index is 5.98. The maximum Gasteiger partial charge on any atom is 0.128 e. The highest BCUT2D eigenvalue weighted by molar-refractivity contribution is 7.09. The summed E-state index contributed by atoms with van der Waals surface area (Å²) in [5.74, 6) is 0.803. The van der Waals surface area contributed by atoms with Crippen molar-refractivity contribution in [2.24, 2.45) is 0 Å². The Labute approximate surface area is 104 Å². The zero-order chi connectivity index (χ0) is 11.5. The third-order valence-corrected chi connectivity index (χ3v) is 3.52. The normalized spacial score (nSPS) is 10.4. The number of methoxy groups -OCH3 is 1. The number of halogens is 1. The molecule has 0 radical (unpaired) electrons. The minimum absolute atomic E-state index is 0.696. The van der Waals surface area contributed by atoms with Crippen molar-refractivity contribution >= 4 is 22.9 Å². The first-order chi connectivity index (χ1) is 7.74. The Morgan fingerprint density at radius 2 is 2.25 bits per heavy atom. The van der Waals surface area contributed by atoms with Gasteiger partial charge in [-0.15, -0.1) is 11.3 Å². The summed E-state index contributed by atoms with van der Waals surface area (Å²) >= 11 is 7.64. The molecule has 84 valence electrons. The molecule has 1 heterocycles. The molecule has 0 aliphatic carbocycles. The monoisotopic (exact) mass is 253 g/mol. The van der Waals surface area contributed by atoms with Gasteiger partial charge in [-0.25, -0.2) is 4.98 Å². The lowest BCUT2D eigenvalue weighted by atomic mass is 10.1. The molecule has 16 heavy (non-hydrogen) atoms. The molecule has 0 saturated carbocycles. The SMILES string of the molecule is CCc1nc(-c2cc(Cl)ccc2OC)cs1. The summed E-state index contributed by atoms with van der Waals surface area (Å²) in [5.41, 5.74) is 1.88. The molecular weight excluding hydrogens is 242 g/mol. The van der Waals surface area contributed by atoms with Crippen LogP contribution in [0.25, 0.3) is 11.3 Å². The van der Waals surface area contributed by atoms with E-state index in [1.165, 1.54) is 0 Å². The van der Waals surface area contributed by atoms with Crippen LogP contribution in [0, 0.1) is 0 Å². The first kappa shape index (κ1) is 11.4. The van der Waals surface area contributed by atoms with Gasteiger partial charge in [-0.1, -0.05) is 18.5 Å². The highest BCUT2D eigenvalue weighted by Gasteiger charge is 2.09. The molecule has 0 aliphatic rings. The average Bonchev–Trinajstić information content (AvgIpc) is 2.77. The number of rotatable bonds is 3. The highest BCUT2D eigenvalue weighted by Crippen LogP contribution is 2.33. The Balaban J connectivity index is 2.49. The van der Waals surface area contributed by atoms with E-state index in [0.29, 0.717) is 5.02 Å². The van der Waals surface area contributed by atoms with E-state index in [0.717, 1.165) is 28.4 Å². The predicted octanol–water partition coefficient (Wildman–Crippen LogP) is 4.03. The van der Waals surface area contributed by atoms with Gasteiger partial charge in [0, 0.05) is 16.0 Å². The second-order valence-corrected chi connectivity index (χ2v) is 4.70. The van der Waals surface area contributed by atoms with E-state index in [9.17, 15) is 0 Å². The summed E-state index contributed by atoms with van der Waals surface area (Å²) in [6.45, 7) is 2.10. The lowest BCUT2D eigenvalue weighted by Gasteiger charge is -2.06. The average molecular weight is 254 g/mol. The number of ether oxygens (including phenoxy) is 1. The zero-order valence-electron chi connectivity index (χ0n) is 9.16. The fourth-order valence-electron chi connectivity index (χ4n) is 1.48. The maximum absolute atomic E-state index is 5.98. The molecule has 0 N–H and O–H groups in total. The Morgan fingerprint density at radius 3 is 2.88 bits per heavy atom. The number of nitrogens with zero attached hydrogens (tertiary/aromatic N) is 1. The van der Waals surface area contributed by atoms with Gasteiger partial charge in [0.1, 0.15) is 5.75 Å². The lowest BCUT2D eigenvalue weighted by molar-refractivity contribution is 0.416. The van der Waals surface area contributed by atoms with Gasteiger partial charge in [-0.3, -0.25) is 0 Å². The zero-order valence-corrected chi connectivity index (χ0v) is 10.7. The number of aromatic nitrogens is 1.